The Kier molecular flexibility index (Phi) is 4.07. The Morgan fingerprint density at radius 2 is 2.14 bits per heavy atom. The third kappa shape index (κ3) is 3.10. The van der Waals surface area contributed by atoms with Crippen molar-refractivity contribution in [1.29, 1.82) is 0 Å². The first kappa shape index (κ1) is 11.2. The van der Waals surface area contributed by atoms with Gasteiger partial charge in [-0.1, -0.05) is 20.8 Å². The maximum Gasteiger partial charge on any atom is 0.150 e. The van der Waals surface area contributed by atoms with E-state index in [4.69, 9.17) is 5.73 Å². The Morgan fingerprint density at radius 1 is 1.43 bits per heavy atom. The first-order valence-corrected chi connectivity index (χ1v) is 5.29. The molecule has 1 aromatic rings. The lowest BCUT2D eigenvalue weighted by molar-refractivity contribution is 0.482. The topological polar surface area (TPSA) is 67.6 Å². The standard InChI is InChI=1S/C10H20N4/c1-4-5-9-12-10(14-13-9)6-8(11)7(2)3/h7-8H,4-6,11H2,1-3H3,(H,12,13,14). The Morgan fingerprint density at radius 3 is 2.71 bits per heavy atom. The zero-order valence-corrected chi connectivity index (χ0v) is 9.25. The summed E-state index contributed by atoms with van der Waals surface area (Å²) in [6, 6.07) is 0.164. The van der Waals surface area contributed by atoms with E-state index in [-0.39, 0.29) is 6.04 Å². The van der Waals surface area contributed by atoms with Crippen molar-refractivity contribution in [3.05, 3.63) is 11.6 Å². The minimum atomic E-state index is 0.164. The van der Waals surface area contributed by atoms with Crippen molar-refractivity contribution >= 4 is 0 Å². The molecule has 3 N–H and O–H groups in total. The molecule has 0 fully saturated rings. The molecule has 14 heavy (non-hydrogen) atoms. The second kappa shape index (κ2) is 5.10. The highest BCUT2D eigenvalue weighted by molar-refractivity contribution is 4.93. The number of aromatic nitrogens is 3. The molecule has 0 radical (unpaired) electrons. The monoisotopic (exact) mass is 196 g/mol. The van der Waals surface area contributed by atoms with Gasteiger partial charge in [-0.2, -0.15) is 5.10 Å². The number of hydrogen-bond donors (Lipinski definition) is 2. The van der Waals surface area contributed by atoms with Crippen LogP contribution in [0.3, 0.4) is 0 Å². The van der Waals surface area contributed by atoms with E-state index in [0.29, 0.717) is 5.92 Å². The predicted octanol–water partition coefficient (Wildman–Crippen LogP) is 1.28. The molecule has 4 heteroatoms. The number of aryl methyl sites for hydroxylation is 1. The number of aromatic amines is 1. The molecule has 1 unspecified atom stereocenters. The maximum absolute atomic E-state index is 5.94. The smallest absolute Gasteiger partial charge is 0.150 e. The van der Waals surface area contributed by atoms with E-state index in [9.17, 15) is 0 Å². The van der Waals surface area contributed by atoms with Crippen molar-refractivity contribution in [3.8, 4) is 0 Å². The third-order valence-electron chi connectivity index (χ3n) is 2.34. The van der Waals surface area contributed by atoms with Gasteiger partial charge < -0.3 is 5.73 Å². The molecule has 0 amide bonds. The molecule has 0 saturated carbocycles. The second-order valence-corrected chi connectivity index (χ2v) is 4.06. The van der Waals surface area contributed by atoms with Crippen molar-refractivity contribution in [3.63, 3.8) is 0 Å². The first-order chi connectivity index (χ1) is 6.63. The van der Waals surface area contributed by atoms with Crippen LogP contribution in [0.2, 0.25) is 0 Å². The second-order valence-electron chi connectivity index (χ2n) is 4.06. The van der Waals surface area contributed by atoms with E-state index in [0.717, 1.165) is 30.9 Å². The number of H-pyrrole nitrogens is 1. The molecular formula is C10H20N4. The molecule has 0 aliphatic heterocycles. The van der Waals surface area contributed by atoms with Crippen LogP contribution in [0, 0.1) is 5.92 Å². The van der Waals surface area contributed by atoms with Crippen LogP contribution in [0.1, 0.15) is 38.8 Å². The summed E-state index contributed by atoms with van der Waals surface area (Å²) in [6.07, 6.45) is 2.80. The zero-order chi connectivity index (χ0) is 10.6. The van der Waals surface area contributed by atoms with Crippen LogP contribution < -0.4 is 5.73 Å². The van der Waals surface area contributed by atoms with Gasteiger partial charge in [-0.25, -0.2) is 4.98 Å². The fraction of sp³-hybridized carbons (Fsp3) is 0.800. The van der Waals surface area contributed by atoms with E-state index in [1.807, 2.05) is 0 Å². The lowest BCUT2D eigenvalue weighted by Crippen LogP contribution is -2.29. The van der Waals surface area contributed by atoms with Gasteiger partial charge in [0.25, 0.3) is 0 Å². The molecular weight excluding hydrogens is 176 g/mol. The number of rotatable bonds is 5. The summed E-state index contributed by atoms with van der Waals surface area (Å²) in [5, 5.41) is 7.06. The van der Waals surface area contributed by atoms with Crippen molar-refractivity contribution in [2.24, 2.45) is 11.7 Å². The highest BCUT2D eigenvalue weighted by Crippen LogP contribution is 2.05. The van der Waals surface area contributed by atoms with Crippen molar-refractivity contribution in [2.75, 3.05) is 0 Å². The van der Waals surface area contributed by atoms with E-state index in [1.54, 1.807) is 0 Å². The van der Waals surface area contributed by atoms with Crippen LogP contribution in [0.15, 0.2) is 0 Å². The Balaban J connectivity index is 2.50. The molecule has 0 saturated heterocycles. The summed E-state index contributed by atoms with van der Waals surface area (Å²) in [5.41, 5.74) is 5.94. The van der Waals surface area contributed by atoms with Crippen LogP contribution in [-0.2, 0) is 12.8 Å². The number of nitrogens with zero attached hydrogens (tertiary/aromatic N) is 2. The summed E-state index contributed by atoms with van der Waals surface area (Å²) < 4.78 is 0. The van der Waals surface area contributed by atoms with Gasteiger partial charge in [-0.05, 0) is 12.3 Å². The van der Waals surface area contributed by atoms with Crippen LogP contribution in [0.25, 0.3) is 0 Å². The van der Waals surface area contributed by atoms with Crippen LogP contribution in [-0.4, -0.2) is 21.2 Å². The molecule has 80 valence electrons. The van der Waals surface area contributed by atoms with Gasteiger partial charge in [0.15, 0.2) is 5.82 Å². The third-order valence-corrected chi connectivity index (χ3v) is 2.34. The molecule has 0 aliphatic carbocycles. The Bertz CT molecular complexity index is 267. The van der Waals surface area contributed by atoms with Gasteiger partial charge in [-0.15, -0.1) is 0 Å². The largest absolute Gasteiger partial charge is 0.327 e. The summed E-state index contributed by atoms with van der Waals surface area (Å²) >= 11 is 0. The van der Waals surface area contributed by atoms with Gasteiger partial charge in [0.05, 0.1) is 0 Å². The van der Waals surface area contributed by atoms with Crippen molar-refractivity contribution < 1.29 is 0 Å². The fourth-order valence-corrected chi connectivity index (χ4v) is 1.22. The zero-order valence-electron chi connectivity index (χ0n) is 9.25. The van der Waals surface area contributed by atoms with E-state index in [2.05, 4.69) is 36.0 Å². The van der Waals surface area contributed by atoms with Gasteiger partial charge in [0, 0.05) is 18.9 Å². The first-order valence-electron chi connectivity index (χ1n) is 5.29. The van der Waals surface area contributed by atoms with E-state index in [1.165, 1.54) is 0 Å². The number of hydrogen-bond acceptors (Lipinski definition) is 3. The molecule has 0 aliphatic rings. The summed E-state index contributed by atoms with van der Waals surface area (Å²) in [7, 11) is 0. The van der Waals surface area contributed by atoms with Gasteiger partial charge in [0.2, 0.25) is 0 Å². The minimum Gasteiger partial charge on any atom is -0.327 e. The highest BCUT2D eigenvalue weighted by Gasteiger charge is 2.11. The molecule has 1 aromatic heterocycles. The lowest BCUT2D eigenvalue weighted by atomic mass is 10.0. The number of nitrogens with two attached hydrogens (primary N) is 1. The molecule has 0 spiro atoms. The van der Waals surface area contributed by atoms with Gasteiger partial charge >= 0.3 is 0 Å². The lowest BCUT2D eigenvalue weighted by Gasteiger charge is -2.12. The summed E-state index contributed by atoms with van der Waals surface area (Å²) in [6.45, 7) is 6.36. The molecule has 1 heterocycles. The van der Waals surface area contributed by atoms with Crippen LogP contribution in [0.4, 0.5) is 0 Å². The highest BCUT2D eigenvalue weighted by atomic mass is 15.2. The number of nitrogens with one attached hydrogen (secondary N) is 1. The normalized spacial score (nSPS) is 13.5. The fourth-order valence-electron chi connectivity index (χ4n) is 1.22. The van der Waals surface area contributed by atoms with E-state index < -0.39 is 0 Å². The molecule has 0 aromatic carbocycles. The SMILES string of the molecule is CCCc1n[nH]c(CC(N)C(C)C)n1. The summed E-state index contributed by atoms with van der Waals surface area (Å²) in [4.78, 5) is 4.38. The maximum atomic E-state index is 5.94. The van der Waals surface area contributed by atoms with Gasteiger partial charge in [0.1, 0.15) is 5.82 Å². The molecule has 1 atom stereocenters. The molecule has 0 bridgehead atoms. The quantitative estimate of drug-likeness (QED) is 0.745. The van der Waals surface area contributed by atoms with Crippen molar-refractivity contribution in [1.82, 2.24) is 15.2 Å². The summed E-state index contributed by atoms with van der Waals surface area (Å²) in [5.74, 6) is 2.29. The molecule has 1 rings (SSSR count). The molecule has 4 nitrogen and oxygen atoms in total. The van der Waals surface area contributed by atoms with E-state index >= 15 is 0 Å². The van der Waals surface area contributed by atoms with Crippen LogP contribution >= 0.6 is 0 Å². The predicted molar refractivity (Wildman–Crippen MR) is 56.9 cm³/mol. The van der Waals surface area contributed by atoms with Gasteiger partial charge in [-0.3, -0.25) is 5.10 Å². The average Bonchev–Trinajstić information content (AvgIpc) is 2.53. The minimum absolute atomic E-state index is 0.164. The van der Waals surface area contributed by atoms with Crippen molar-refractivity contribution in [2.45, 2.75) is 46.1 Å². The van der Waals surface area contributed by atoms with Crippen LogP contribution in [0.5, 0.6) is 0 Å². The average molecular weight is 196 g/mol. The Labute approximate surface area is 85.3 Å². The Hall–Kier alpha value is -0.900.